The summed E-state index contributed by atoms with van der Waals surface area (Å²) in [5.41, 5.74) is 2.52. The molecule has 2 aliphatic rings. The number of aliphatic imine (C=N–C) groups is 1. The fraction of sp³-hybridized carbons (Fsp3) is 0.583. The first-order valence-electron chi connectivity index (χ1n) is 11.5. The van der Waals surface area contributed by atoms with Gasteiger partial charge in [0.25, 0.3) is 0 Å². The number of Topliss-reactive ketones (excluding diaryl/α,β-unsaturated/α-hetero) is 1. The number of carbonyl (C=O) groups excluding carboxylic acids is 2. The lowest BCUT2D eigenvalue weighted by Gasteiger charge is -2.34. The van der Waals surface area contributed by atoms with Gasteiger partial charge in [0.05, 0.1) is 51.4 Å². The molecule has 1 heterocycles. The molecule has 0 atom stereocenters. The van der Waals surface area contributed by atoms with E-state index >= 15 is 0 Å². The number of ether oxygens (including phenoxy) is 1. The van der Waals surface area contributed by atoms with Gasteiger partial charge in [-0.25, -0.2) is 4.79 Å². The van der Waals surface area contributed by atoms with Crippen molar-refractivity contribution in [2.75, 3.05) is 51.2 Å². The van der Waals surface area contributed by atoms with Crippen LogP contribution in [0.15, 0.2) is 29.3 Å². The minimum absolute atomic E-state index is 0.0501. The third-order valence-electron chi connectivity index (χ3n) is 5.97. The monoisotopic (exact) mass is 459 g/mol. The Morgan fingerprint density at radius 1 is 1.22 bits per heavy atom. The highest BCUT2D eigenvalue weighted by molar-refractivity contribution is 7.80. The van der Waals surface area contributed by atoms with E-state index in [1.807, 2.05) is 12.1 Å². The zero-order valence-corrected chi connectivity index (χ0v) is 20.2. The zero-order chi connectivity index (χ0) is 23.1. The molecule has 0 aromatic heterocycles. The molecule has 1 saturated carbocycles. The molecule has 0 spiro atoms. The second-order valence-corrected chi connectivity index (χ2v) is 9.78. The molecule has 1 aliphatic carbocycles. The highest BCUT2D eigenvalue weighted by atomic mass is 32.1. The summed E-state index contributed by atoms with van der Waals surface area (Å²) in [6.45, 7) is 12.0. The summed E-state index contributed by atoms with van der Waals surface area (Å²) >= 11 is 5.59. The molecule has 7 nitrogen and oxygen atoms in total. The maximum atomic E-state index is 11.9. The Kier molecular flexibility index (Phi) is 8.37. The maximum Gasteiger partial charge on any atom is 0.338 e. The number of nitrogens with zero attached hydrogens (tertiary/aromatic N) is 2. The zero-order valence-electron chi connectivity index (χ0n) is 19.4. The van der Waals surface area contributed by atoms with Crippen molar-refractivity contribution in [1.29, 1.82) is 0 Å². The first kappa shape index (κ1) is 24.3. The summed E-state index contributed by atoms with van der Waals surface area (Å²) < 4.78 is 5.01. The number of hydrogen-bond acceptors (Lipinski definition) is 5. The number of carbonyl (C=O) groups is 2. The molecular weight excluding hydrogens is 424 g/mol. The van der Waals surface area contributed by atoms with Gasteiger partial charge in [0.1, 0.15) is 5.78 Å². The van der Waals surface area contributed by atoms with E-state index in [9.17, 15) is 9.59 Å². The van der Waals surface area contributed by atoms with Crippen LogP contribution in [-0.2, 0) is 9.53 Å². The third kappa shape index (κ3) is 7.10. The van der Waals surface area contributed by atoms with Crippen LogP contribution in [0.3, 0.4) is 0 Å². The van der Waals surface area contributed by atoms with Crippen molar-refractivity contribution in [3.63, 3.8) is 0 Å². The normalized spacial score (nSPS) is 20.3. The molecule has 1 aliphatic heterocycles. The topological polar surface area (TPSA) is 75.4 Å². The van der Waals surface area contributed by atoms with Crippen LogP contribution in [0.25, 0.3) is 0 Å². The lowest BCUT2D eigenvalue weighted by molar-refractivity contribution is -0.902. The number of ketones is 1. The van der Waals surface area contributed by atoms with Crippen LogP contribution in [0.1, 0.15) is 50.4 Å². The van der Waals surface area contributed by atoms with Gasteiger partial charge in [-0.1, -0.05) is 13.8 Å². The molecule has 0 unspecified atom stereocenters. The van der Waals surface area contributed by atoms with Gasteiger partial charge in [-0.05, 0) is 55.2 Å². The van der Waals surface area contributed by atoms with Gasteiger partial charge in [0.2, 0.25) is 0 Å². The van der Waals surface area contributed by atoms with E-state index in [4.69, 9.17) is 21.9 Å². The Labute approximate surface area is 196 Å². The molecule has 32 heavy (non-hydrogen) atoms. The fourth-order valence-electron chi connectivity index (χ4n) is 4.37. The Bertz CT molecular complexity index is 859. The number of piperazine rings is 1. The van der Waals surface area contributed by atoms with E-state index in [-0.39, 0.29) is 11.4 Å². The molecule has 174 valence electrons. The van der Waals surface area contributed by atoms with Crippen molar-refractivity contribution < 1.29 is 19.2 Å². The van der Waals surface area contributed by atoms with Gasteiger partial charge in [-0.15, -0.1) is 0 Å². The summed E-state index contributed by atoms with van der Waals surface area (Å²) in [7, 11) is 0. The van der Waals surface area contributed by atoms with E-state index < -0.39 is 0 Å². The van der Waals surface area contributed by atoms with Gasteiger partial charge in [-0.2, -0.15) is 0 Å². The standard InChI is InChI=1S/C24H34N4O3S/c1-4-31-22(30)18-5-7-19(8-6-18)26-23(32)28-13-11-27(12-14-28)10-9-25-20-15-21(29)17-24(2,3)16-20/h5-8H,4,9-17H2,1-3H3,(H,26,32)/p+1. The molecule has 0 amide bonds. The van der Waals surface area contributed by atoms with Crippen molar-refractivity contribution >= 4 is 40.5 Å². The van der Waals surface area contributed by atoms with Crippen molar-refractivity contribution in [3.8, 4) is 0 Å². The van der Waals surface area contributed by atoms with Crippen LogP contribution in [0, 0.1) is 5.41 Å². The van der Waals surface area contributed by atoms with E-state index in [0.29, 0.717) is 35.9 Å². The van der Waals surface area contributed by atoms with Crippen molar-refractivity contribution in [1.82, 2.24) is 4.90 Å². The molecule has 8 heteroatoms. The van der Waals surface area contributed by atoms with Crippen LogP contribution in [0.5, 0.6) is 0 Å². The van der Waals surface area contributed by atoms with Gasteiger partial charge in [0.15, 0.2) is 5.11 Å². The summed E-state index contributed by atoms with van der Waals surface area (Å²) in [6, 6.07) is 7.17. The number of anilines is 1. The average Bonchev–Trinajstić information content (AvgIpc) is 2.73. The lowest BCUT2D eigenvalue weighted by atomic mass is 9.76. The predicted molar refractivity (Wildman–Crippen MR) is 131 cm³/mol. The number of nitrogens with one attached hydrogen (secondary N) is 2. The molecule has 1 saturated heterocycles. The van der Waals surface area contributed by atoms with Gasteiger partial charge < -0.3 is 19.9 Å². The number of quaternary nitrogens is 1. The fourth-order valence-corrected chi connectivity index (χ4v) is 4.67. The first-order chi connectivity index (χ1) is 15.3. The van der Waals surface area contributed by atoms with Crippen LogP contribution in [-0.4, -0.2) is 73.4 Å². The summed E-state index contributed by atoms with van der Waals surface area (Å²) in [5, 5.41) is 3.97. The quantitative estimate of drug-likeness (QED) is 0.501. The summed E-state index contributed by atoms with van der Waals surface area (Å²) in [4.78, 5) is 32.2. The van der Waals surface area contributed by atoms with Crippen LogP contribution in [0.4, 0.5) is 5.69 Å². The molecule has 3 rings (SSSR count). The molecule has 0 radical (unpaired) electrons. The number of benzene rings is 1. The average molecular weight is 460 g/mol. The summed E-state index contributed by atoms with van der Waals surface area (Å²) in [5.74, 6) is 0.00200. The molecule has 1 aromatic carbocycles. The minimum atomic E-state index is -0.315. The van der Waals surface area contributed by atoms with E-state index in [1.165, 1.54) is 4.90 Å². The van der Waals surface area contributed by atoms with E-state index in [1.54, 1.807) is 19.1 Å². The minimum Gasteiger partial charge on any atom is -0.462 e. The molecular formula is C24H35N4O3S+. The van der Waals surface area contributed by atoms with Gasteiger partial charge >= 0.3 is 5.97 Å². The molecule has 0 bridgehead atoms. The van der Waals surface area contributed by atoms with Gasteiger partial charge in [0, 0.05) is 24.2 Å². The number of esters is 1. The molecule has 2 N–H and O–H groups in total. The Morgan fingerprint density at radius 2 is 1.91 bits per heavy atom. The third-order valence-corrected chi connectivity index (χ3v) is 6.33. The van der Waals surface area contributed by atoms with Crippen molar-refractivity contribution in [2.45, 2.75) is 40.0 Å². The smallest absolute Gasteiger partial charge is 0.338 e. The summed E-state index contributed by atoms with van der Waals surface area (Å²) in [6.07, 6.45) is 2.14. The predicted octanol–water partition coefficient (Wildman–Crippen LogP) is 1.98. The second-order valence-electron chi connectivity index (χ2n) is 9.40. The SMILES string of the molecule is CCOC(=O)c1ccc(NC(=S)N2CC[NH+](CCN=C3CC(=O)CC(C)(C)C3)CC2)cc1. The molecule has 2 fully saturated rings. The highest BCUT2D eigenvalue weighted by Crippen LogP contribution is 2.31. The van der Waals surface area contributed by atoms with Crippen LogP contribution in [0.2, 0.25) is 0 Å². The van der Waals surface area contributed by atoms with Crippen molar-refractivity contribution in [2.24, 2.45) is 10.4 Å². The van der Waals surface area contributed by atoms with E-state index in [2.05, 4.69) is 24.1 Å². The molecule has 1 aromatic rings. The van der Waals surface area contributed by atoms with E-state index in [0.717, 1.165) is 57.1 Å². The second kappa shape index (κ2) is 11.0. The highest BCUT2D eigenvalue weighted by Gasteiger charge is 2.30. The van der Waals surface area contributed by atoms with Gasteiger partial charge in [-0.3, -0.25) is 9.79 Å². The maximum absolute atomic E-state index is 11.9. The van der Waals surface area contributed by atoms with Crippen LogP contribution < -0.4 is 10.2 Å². The number of hydrogen-bond donors (Lipinski definition) is 2. The number of thiocarbonyl (C=S) groups is 1. The number of rotatable bonds is 6. The first-order valence-corrected chi connectivity index (χ1v) is 11.9. The van der Waals surface area contributed by atoms with Crippen LogP contribution >= 0.6 is 12.2 Å². The van der Waals surface area contributed by atoms with Crippen molar-refractivity contribution in [3.05, 3.63) is 29.8 Å². The lowest BCUT2D eigenvalue weighted by Crippen LogP contribution is -3.15. The largest absolute Gasteiger partial charge is 0.462 e. The Morgan fingerprint density at radius 3 is 2.53 bits per heavy atom. The Hall–Kier alpha value is -2.32. The Balaban J connectivity index is 1.40.